The van der Waals surface area contributed by atoms with Gasteiger partial charge in [-0.15, -0.1) is 5.10 Å². The summed E-state index contributed by atoms with van der Waals surface area (Å²) < 4.78 is 34.5. The number of nitrogens with one attached hydrogen (secondary N) is 1. The zero-order valence-electron chi connectivity index (χ0n) is 12.2. The van der Waals surface area contributed by atoms with E-state index in [1.54, 1.807) is 13.2 Å². The second-order valence-electron chi connectivity index (χ2n) is 5.10. The monoisotopic (exact) mass is 296 g/mol. The molecule has 0 bridgehead atoms. The molecule has 2 rings (SSSR count). The van der Waals surface area contributed by atoms with Gasteiger partial charge in [-0.25, -0.2) is 8.78 Å². The van der Waals surface area contributed by atoms with Crippen molar-refractivity contribution in [3.63, 3.8) is 0 Å². The summed E-state index contributed by atoms with van der Waals surface area (Å²) >= 11 is 0. The molecule has 0 atom stereocenters. The molecule has 21 heavy (non-hydrogen) atoms. The van der Waals surface area contributed by atoms with Crippen molar-refractivity contribution >= 4 is 0 Å². The Labute approximate surface area is 121 Å². The Morgan fingerprint density at radius 3 is 2.48 bits per heavy atom. The summed E-state index contributed by atoms with van der Waals surface area (Å²) in [6, 6.07) is 2.78. The van der Waals surface area contributed by atoms with E-state index in [-0.39, 0.29) is 12.6 Å². The standard InChI is InChI=1S/C14H18F2N4O/c1-9(2)17-6-10-4-12(15)14(13(16)5-10)21-8-11-7-20(3)19-18-11/h4-5,7,9,17H,6,8H2,1-3H3. The highest BCUT2D eigenvalue weighted by Crippen LogP contribution is 2.24. The Balaban J connectivity index is 2.06. The fraction of sp³-hybridized carbons (Fsp3) is 0.429. The summed E-state index contributed by atoms with van der Waals surface area (Å²) in [7, 11) is 1.70. The fourth-order valence-corrected chi connectivity index (χ4v) is 1.78. The van der Waals surface area contributed by atoms with Crippen LogP contribution in [0.1, 0.15) is 25.1 Å². The molecule has 0 aliphatic carbocycles. The average molecular weight is 296 g/mol. The Hall–Kier alpha value is -2.02. The number of benzene rings is 1. The molecule has 114 valence electrons. The van der Waals surface area contributed by atoms with Gasteiger partial charge in [0.2, 0.25) is 0 Å². The van der Waals surface area contributed by atoms with Crippen molar-refractivity contribution in [3.05, 3.63) is 41.2 Å². The van der Waals surface area contributed by atoms with Crippen molar-refractivity contribution in [2.45, 2.75) is 33.0 Å². The second-order valence-corrected chi connectivity index (χ2v) is 5.10. The van der Waals surface area contributed by atoms with Gasteiger partial charge in [0, 0.05) is 19.6 Å². The molecule has 0 fully saturated rings. The van der Waals surface area contributed by atoms with E-state index >= 15 is 0 Å². The highest BCUT2D eigenvalue weighted by atomic mass is 19.1. The summed E-state index contributed by atoms with van der Waals surface area (Å²) in [4.78, 5) is 0. The van der Waals surface area contributed by atoms with Crippen LogP contribution in [0.15, 0.2) is 18.3 Å². The molecule has 0 aliphatic rings. The maximum absolute atomic E-state index is 13.9. The maximum atomic E-state index is 13.9. The minimum atomic E-state index is -0.723. The molecule has 0 spiro atoms. The van der Waals surface area contributed by atoms with Crippen LogP contribution in [0.4, 0.5) is 8.78 Å². The number of aromatic nitrogens is 3. The average Bonchev–Trinajstić information content (AvgIpc) is 2.81. The van der Waals surface area contributed by atoms with E-state index < -0.39 is 17.4 Å². The van der Waals surface area contributed by atoms with Crippen LogP contribution in [0.25, 0.3) is 0 Å². The van der Waals surface area contributed by atoms with Crippen LogP contribution in [0.2, 0.25) is 0 Å². The first kappa shape index (κ1) is 15.4. The van der Waals surface area contributed by atoms with Crippen LogP contribution in [0.3, 0.4) is 0 Å². The van der Waals surface area contributed by atoms with E-state index in [0.29, 0.717) is 17.8 Å². The van der Waals surface area contributed by atoms with Gasteiger partial charge in [0.15, 0.2) is 17.4 Å². The maximum Gasteiger partial charge on any atom is 0.191 e. The predicted octanol–water partition coefficient (Wildman–Crippen LogP) is 2.17. The number of hydrogen-bond acceptors (Lipinski definition) is 4. The largest absolute Gasteiger partial charge is 0.481 e. The molecule has 1 aromatic heterocycles. The number of halogens is 2. The molecule has 0 radical (unpaired) electrons. The highest BCUT2D eigenvalue weighted by Gasteiger charge is 2.13. The zero-order chi connectivity index (χ0) is 15.4. The molecule has 7 heteroatoms. The van der Waals surface area contributed by atoms with Crippen LogP contribution in [-0.2, 0) is 20.2 Å². The molecule has 0 unspecified atom stereocenters. The third kappa shape index (κ3) is 4.22. The van der Waals surface area contributed by atoms with Crippen LogP contribution in [0.5, 0.6) is 5.75 Å². The molecule has 1 N–H and O–H groups in total. The molecule has 1 heterocycles. The van der Waals surface area contributed by atoms with Crippen molar-refractivity contribution in [1.82, 2.24) is 20.3 Å². The van der Waals surface area contributed by atoms with Crippen LogP contribution in [0, 0.1) is 11.6 Å². The van der Waals surface area contributed by atoms with E-state index in [9.17, 15) is 8.78 Å². The molecular formula is C14H18F2N4O. The lowest BCUT2D eigenvalue weighted by atomic mass is 10.2. The number of ether oxygens (including phenoxy) is 1. The van der Waals surface area contributed by atoms with E-state index in [4.69, 9.17) is 4.74 Å². The molecule has 0 aliphatic heterocycles. The Morgan fingerprint density at radius 2 is 1.95 bits per heavy atom. The molecular weight excluding hydrogens is 278 g/mol. The van der Waals surface area contributed by atoms with Gasteiger partial charge in [0.05, 0.1) is 6.20 Å². The molecule has 5 nitrogen and oxygen atoms in total. The third-order valence-electron chi connectivity index (χ3n) is 2.79. The first-order valence-electron chi connectivity index (χ1n) is 6.65. The van der Waals surface area contributed by atoms with E-state index in [0.717, 1.165) is 0 Å². The van der Waals surface area contributed by atoms with Gasteiger partial charge in [-0.1, -0.05) is 19.1 Å². The van der Waals surface area contributed by atoms with Crippen LogP contribution >= 0.6 is 0 Å². The third-order valence-corrected chi connectivity index (χ3v) is 2.79. The van der Waals surface area contributed by atoms with Crippen molar-refractivity contribution in [2.75, 3.05) is 0 Å². The van der Waals surface area contributed by atoms with Gasteiger partial charge in [0.25, 0.3) is 0 Å². The first-order chi connectivity index (χ1) is 9.95. The summed E-state index contributed by atoms with van der Waals surface area (Å²) in [6.07, 6.45) is 1.62. The summed E-state index contributed by atoms with van der Waals surface area (Å²) in [5.74, 6) is -1.84. The van der Waals surface area contributed by atoms with E-state index in [1.807, 2.05) is 13.8 Å². The van der Waals surface area contributed by atoms with Crippen molar-refractivity contribution < 1.29 is 13.5 Å². The molecule has 0 saturated carbocycles. The lowest BCUT2D eigenvalue weighted by Crippen LogP contribution is -2.22. The minimum absolute atomic E-state index is 0.0364. The lowest BCUT2D eigenvalue weighted by molar-refractivity contribution is 0.269. The topological polar surface area (TPSA) is 52.0 Å². The van der Waals surface area contributed by atoms with Crippen LogP contribution < -0.4 is 10.1 Å². The normalized spacial score (nSPS) is 11.1. The molecule has 2 aromatic rings. The van der Waals surface area contributed by atoms with Crippen LogP contribution in [-0.4, -0.2) is 21.0 Å². The quantitative estimate of drug-likeness (QED) is 0.887. The van der Waals surface area contributed by atoms with Gasteiger partial charge in [-0.2, -0.15) is 0 Å². The van der Waals surface area contributed by atoms with Gasteiger partial charge >= 0.3 is 0 Å². The Kier molecular flexibility index (Phi) is 4.85. The summed E-state index contributed by atoms with van der Waals surface area (Å²) in [5, 5.41) is 10.6. The minimum Gasteiger partial charge on any atom is -0.481 e. The van der Waals surface area contributed by atoms with E-state index in [2.05, 4.69) is 15.6 Å². The second kappa shape index (κ2) is 6.62. The number of hydrogen-bond donors (Lipinski definition) is 1. The number of nitrogens with zero attached hydrogens (tertiary/aromatic N) is 3. The predicted molar refractivity (Wildman–Crippen MR) is 73.7 cm³/mol. The van der Waals surface area contributed by atoms with Gasteiger partial charge in [-0.3, -0.25) is 4.68 Å². The Morgan fingerprint density at radius 1 is 1.29 bits per heavy atom. The molecule has 0 amide bonds. The smallest absolute Gasteiger partial charge is 0.191 e. The fourth-order valence-electron chi connectivity index (χ4n) is 1.78. The lowest BCUT2D eigenvalue weighted by Gasteiger charge is -2.11. The van der Waals surface area contributed by atoms with E-state index in [1.165, 1.54) is 16.8 Å². The van der Waals surface area contributed by atoms with Gasteiger partial charge in [0.1, 0.15) is 12.3 Å². The Bertz CT molecular complexity index is 590. The van der Waals surface area contributed by atoms with Gasteiger partial charge in [-0.05, 0) is 17.7 Å². The van der Waals surface area contributed by atoms with Crippen molar-refractivity contribution in [2.24, 2.45) is 7.05 Å². The summed E-state index contributed by atoms with van der Waals surface area (Å²) in [5.41, 5.74) is 1.03. The SMILES string of the molecule is CC(C)NCc1cc(F)c(OCc2cn(C)nn2)c(F)c1. The number of aryl methyl sites for hydroxylation is 1. The first-order valence-corrected chi connectivity index (χ1v) is 6.65. The zero-order valence-corrected chi connectivity index (χ0v) is 12.2. The molecule has 0 saturated heterocycles. The summed E-state index contributed by atoms with van der Waals surface area (Å²) in [6.45, 7) is 4.29. The van der Waals surface area contributed by atoms with Crippen molar-refractivity contribution in [1.29, 1.82) is 0 Å². The molecule has 1 aromatic carbocycles. The number of rotatable bonds is 6. The van der Waals surface area contributed by atoms with Gasteiger partial charge < -0.3 is 10.1 Å². The highest BCUT2D eigenvalue weighted by molar-refractivity contribution is 5.31. The van der Waals surface area contributed by atoms with Crippen molar-refractivity contribution in [3.8, 4) is 5.75 Å².